The van der Waals surface area contributed by atoms with E-state index in [4.69, 9.17) is 9.53 Å². The summed E-state index contributed by atoms with van der Waals surface area (Å²) < 4.78 is 6.50. The number of rotatable bonds is 10. The zero-order valence-electron chi connectivity index (χ0n) is 16.8. The number of allylic oxidation sites excluding steroid dienone is 9. The minimum absolute atomic E-state index is 0.0735. The molecule has 25 heavy (non-hydrogen) atoms. The first kappa shape index (κ1) is 23.6. The highest BCUT2D eigenvalue weighted by molar-refractivity contribution is 6.74. The second kappa shape index (κ2) is 12.9. The lowest BCUT2D eigenvalue weighted by Gasteiger charge is -2.38. The van der Waals surface area contributed by atoms with Crippen LogP contribution in [0.25, 0.3) is 0 Å². The van der Waals surface area contributed by atoms with Gasteiger partial charge in [0.15, 0.2) is 8.32 Å². The van der Waals surface area contributed by atoms with Crippen LogP contribution in [0.1, 0.15) is 34.1 Å². The molecule has 0 rings (SSSR count). The zero-order chi connectivity index (χ0) is 19.2. The third kappa shape index (κ3) is 11.7. The van der Waals surface area contributed by atoms with E-state index in [0.717, 1.165) is 6.42 Å². The van der Waals surface area contributed by atoms with Gasteiger partial charge in [0.1, 0.15) is 0 Å². The lowest BCUT2D eigenvalue weighted by molar-refractivity contribution is 0.228. The van der Waals surface area contributed by atoms with Gasteiger partial charge in [0.25, 0.3) is 0 Å². The predicted octanol–water partition coefficient (Wildman–Crippen LogP) is 6.12. The molecule has 0 bridgehead atoms. The summed E-state index contributed by atoms with van der Waals surface area (Å²) in [6.07, 6.45) is 24.7. The molecular weight excluding hydrogens is 324 g/mol. The second-order valence-electron chi connectivity index (χ2n) is 7.37. The molecule has 0 aromatic carbocycles. The molecule has 3 heteroatoms. The van der Waals surface area contributed by atoms with Crippen LogP contribution >= 0.6 is 0 Å². The molecule has 1 N–H and O–H groups in total. The number of aliphatic hydroxyl groups is 1. The Hall–Kier alpha value is -1.42. The maximum absolute atomic E-state index is 8.61. The van der Waals surface area contributed by atoms with Crippen LogP contribution in [-0.2, 0) is 4.43 Å². The zero-order valence-corrected chi connectivity index (χ0v) is 17.8. The molecule has 0 fully saturated rings. The van der Waals surface area contributed by atoms with Gasteiger partial charge in [-0.1, -0.05) is 93.7 Å². The molecule has 0 aliphatic rings. The van der Waals surface area contributed by atoms with Gasteiger partial charge in [0.05, 0.1) is 12.7 Å². The van der Waals surface area contributed by atoms with Crippen molar-refractivity contribution in [3.05, 3.63) is 72.9 Å². The van der Waals surface area contributed by atoms with E-state index in [1.165, 1.54) is 0 Å². The van der Waals surface area contributed by atoms with Gasteiger partial charge in [-0.05, 0) is 31.5 Å². The molecule has 0 aromatic heterocycles. The molecule has 0 radical (unpaired) electrons. The van der Waals surface area contributed by atoms with E-state index in [-0.39, 0.29) is 17.7 Å². The Kier molecular flexibility index (Phi) is 12.1. The molecule has 0 saturated carbocycles. The average molecular weight is 361 g/mol. The maximum Gasteiger partial charge on any atom is 0.192 e. The molecule has 140 valence electrons. The highest BCUT2D eigenvalue weighted by atomic mass is 28.4. The van der Waals surface area contributed by atoms with Crippen molar-refractivity contribution in [3.8, 4) is 0 Å². The van der Waals surface area contributed by atoms with Gasteiger partial charge in [-0.2, -0.15) is 0 Å². The van der Waals surface area contributed by atoms with E-state index >= 15 is 0 Å². The average Bonchev–Trinajstić information content (AvgIpc) is 2.52. The second-order valence-corrected chi connectivity index (χ2v) is 12.1. The number of aliphatic hydroxyl groups excluding tert-OH is 1. The van der Waals surface area contributed by atoms with Crippen molar-refractivity contribution in [2.75, 3.05) is 6.61 Å². The Bertz CT molecular complexity index is 515. The lowest BCUT2D eigenvalue weighted by atomic mass is 10.2. The normalized spacial score (nSPS) is 16.0. The summed E-state index contributed by atoms with van der Waals surface area (Å²) in [6, 6.07) is 0. The van der Waals surface area contributed by atoms with Gasteiger partial charge in [0, 0.05) is 0 Å². The molecule has 0 unspecified atom stereocenters. The van der Waals surface area contributed by atoms with Crippen LogP contribution in [0.5, 0.6) is 0 Å². The van der Waals surface area contributed by atoms with E-state index in [1.54, 1.807) is 6.08 Å². The van der Waals surface area contributed by atoms with Crippen LogP contribution < -0.4 is 0 Å². The van der Waals surface area contributed by atoms with Gasteiger partial charge in [0.2, 0.25) is 0 Å². The molecule has 0 saturated heterocycles. The standard InChI is InChI=1S/C22H36O2Si/c1-7-8-18-21(24-25(5,6)22(2,3)4)19-16-14-12-10-9-11-13-15-17-20-23/h7-17,19,21,23H,18,20H2,1-6H3/b8-7-,10-9+,13-11+,14-12+,17-15+,19-16+/t21-/m1/s1. The molecule has 2 nitrogen and oxygen atoms in total. The Morgan fingerprint density at radius 3 is 1.88 bits per heavy atom. The van der Waals surface area contributed by atoms with E-state index in [0.29, 0.717) is 0 Å². The Morgan fingerprint density at radius 1 is 0.880 bits per heavy atom. The minimum Gasteiger partial charge on any atom is -0.410 e. The van der Waals surface area contributed by atoms with Crippen LogP contribution in [0.15, 0.2) is 72.9 Å². The van der Waals surface area contributed by atoms with Crippen LogP contribution in [0.4, 0.5) is 0 Å². The third-order valence-corrected chi connectivity index (χ3v) is 8.71. The Balaban J connectivity index is 4.68. The van der Waals surface area contributed by atoms with Crippen molar-refractivity contribution in [2.45, 2.75) is 58.4 Å². The minimum atomic E-state index is -1.77. The molecule has 0 aliphatic carbocycles. The largest absolute Gasteiger partial charge is 0.410 e. The fourth-order valence-corrected chi connectivity index (χ4v) is 2.99. The molecular formula is C22H36O2Si. The predicted molar refractivity (Wildman–Crippen MR) is 114 cm³/mol. The smallest absolute Gasteiger partial charge is 0.192 e. The third-order valence-electron chi connectivity index (χ3n) is 4.20. The molecule has 1 atom stereocenters. The van der Waals surface area contributed by atoms with Gasteiger partial charge in [-0.25, -0.2) is 0 Å². The van der Waals surface area contributed by atoms with E-state index in [9.17, 15) is 0 Å². The van der Waals surface area contributed by atoms with Crippen LogP contribution in [-0.4, -0.2) is 26.1 Å². The quantitative estimate of drug-likeness (QED) is 0.289. The van der Waals surface area contributed by atoms with Crippen LogP contribution in [0.3, 0.4) is 0 Å². The van der Waals surface area contributed by atoms with Gasteiger partial charge >= 0.3 is 0 Å². The maximum atomic E-state index is 8.61. The van der Waals surface area contributed by atoms with E-state index in [1.807, 2.05) is 49.5 Å². The first-order chi connectivity index (χ1) is 11.7. The van der Waals surface area contributed by atoms with Gasteiger partial charge in [-0.15, -0.1) is 0 Å². The van der Waals surface area contributed by atoms with Crippen LogP contribution in [0.2, 0.25) is 18.1 Å². The van der Waals surface area contributed by atoms with Crippen molar-refractivity contribution in [3.63, 3.8) is 0 Å². The highest BCUT2D eigenvalue weighted by Gasteiger charge is 2.38. The van der Waals surface area contributed by atoms with E-state index in [2.05, 4.69) is 58.2 Å². The number of hydrogen-bond acceptors (Lipinski definition) is 2. The Labute approximate surface area is 156 Å². The fraction of sp³-hybridized carbons (Fsp3) is 0.455. The first-order valence-corrected chi connectivity index (χ1v) is 11.9. The molecule has 0 amide bonds. The summed E-state index contributed by atoms with van der Waals surface area (Å²) in [4.78, 5) is 0. The molecule has 0 aromatic rings. The summed E-state index contributed by atoms with van der Waals surface area (Å²) in [5, 5.41) is 8.82. The molecule has 0 spiro atoms. The van der Waals surface area contributed by atoms with Crippen molar-refractivity contribution >= 4 is 8.32 Å². The van der Waals surface area contributed by atoms with Crippen molar-refractivity contribution in [1.29, 1.82) is 0 Å². The summed E-state index contributed by atoms with van der Waals surface area (Å²) in [6.45, 7) is 13.5. The molecule has 0 heterocycles. The van der Waals surface area contributed by atoms with Crippen molar-refractivity contribution in [2.24, 2.45) is 0 Å². The van der Waals surface area contributed by atoms with Crippen molar-refractivity contribution in [1.82, 2.24) is 0 Å². The lowest BCUT2D eigenvalue weighted by Crippen LogP contribution is -2.43. The monoisotopic (exact) mass is 360 g/mol. The van der Waals surface area contributed by atoms with Crippen molar-refractivity contribution < 1.29 is 9.53 Å². The van der Waals surface area contributed by atoms with E-state index < -0.39 is 8.32 Å². The first-order valence-electron chi connectivity index (χ1n) is 8.97. The van der Waals surface area contributed by atoms with Gasteiger partial charge < -0.3 is 9.53 Å². The summed E-state index contributed by atoms with van der Waals surface area (Å²) in [7, 11) is -1.77. The summed E-state index contributed by atoms with van der Waals surface area (Å²) in [5.41, 5.74) is 0. The fourth-order valence-electron chi connectivity index (χ4n) is 1.70. The number of hydrogen-bond donors (Lipinski definition) is 1. The van der Waals surface area contributed by atoms with Crippen LogP contribution in [0, 0.1) is 0 Å². The topological polar surface area (TPSA) is 29.5 Å². The summed E-state index contributed by atoms with van der Waals surface area (Å²) >= 11 is 0. The summed E-state index contributed by atoms with van der Waals surface area (Å²) in [5.74, 6) is 0. The SMILES string of the molecule is C/C=C\C[C@H](/C=C/C=C/C=C/C=C/C=C/CO)O[Si](C)(C)C(C)(C)C. The highest BCUT2D eigenvalue weighted by Crippen LogP contribution is 2.37. The molecule has 0 aliphatic heterocycles. The van der Waals surface area contributed by atoms with Gasteiger partial charge in [-0.3, -0.25) is 0 Å². The Morgan fingerprint density at radius 2 is 1.40 bits per heavy atom.